The molecule has 1 heterocycles. The molecule has 0 aliphatic carbocycles. The first kappa shape index (κ1) is 29.0. The lowest BCUT2D eigenvalue weighted by Gasteiger charge is -2.26. The van der Waals surface area contributed by atoms with Crippen LogP contribution < -0.4 is 0 Å². The molecule has 1 aromatic heterocycles. The lowest BCUT2D eigenvalue weighted by atomic mass is 9.86. The molecular formula is C30H41BrN4O2. The molecule has 0 radical (unpaired) electrons. The van der Waals surface area contributed by atoms with Gasteiger partial charge in [0.15, 0.2) is 5.82 Å². The monoisotopic (exact) mass is 568 g/mol. The molecule has 0 saturated heterocycles. The van der Waals surface area contributed by atoms with Crippen molar-refractivity contribution < 1.29 is 9.53 Å². The van der Waals surface area contributed by atoms with Crippen molar-refractivity contribution in [2.24, 2.45) is 5.92 Å². The molecular weight excluding hydrogens is 528 g/mol. The number of aromatic nitrogens is 4. The Labute approximate surface area is 230 Å². The Morgan fingerprint density at radius 3 is 2.35 bits per heavy atom. The van der Waals surface area contributed by atoms with Crippen molar-refractivity contribution in [2.45, 2.75) is 97.6 Å². The number of carbonyl (C=O) groups is 1. The first-order valence-electron chi connectivity index (χ1n) is 13.5. The molecule has 3 aromatic rings. The van der Waals surface area contributed by atoms with Gasteiger partial charge in [-0.3, -0.25) is 4.79 Å². The lowest BCUT2D eigenvalue weighted by molar-refractivity contribution is -0.160. The lowest BCUT2D eigenvalue weighted by Crippen LogP contribution is -2.30. The second kappa shape index (κ2) is 13.8. The maximum Gasteiger partial charge on any atom is 0.309 e. The minimum absolute atomic E-state index is 0.169. The number of hydrogen-bond acceptors (Lipinski definition) is 5. The molecule has 0 aliphatic heterocycles. The summed E-state index contributed by atoms with van der Waals surface area (Å²) in [5.74, 6) is 0.00781. The largest absolute Gasteiger partial charge is 0.460 e. The van der Waals surface area contributed by atoms with Crippen molar-refractivity contribution in [3.8, 4) is 0 Å². The maximum absolute atomic E-state index is 13.1. The van der Waals surface area contributed by atoms with Gasteiger partial charge >= 0.3 is 5.97 Å². The van der Waals surface area contributed by atoms with Crippen molar-refractivity contribution in [1.82, 2.24) is 20.2 Å². The zero-order valence-electron chi connectivity index (χ0n) is 22.9. The molecule has 6 nitrogen and oxygen atoms in total. The Hall–Kier alpha value is -2.54. The van der Waals surface area contributed by atoms with E-state index in [4.69, 9.17) is 9.84 Å². The molecule has 0 saturated carbocycles. The van der Waals surface area contributed by atoms with E-state index in [0.29, 0.717) is 18.8 Å². The van der Waals surface area contributed by atoms with Crippen LogP contribution in [0.4, 0.5) is 0 Å². The third-order valence-electron chi connectivity index (χ3n) is 6.37. The van der Waals surface area contributed by atoms with Crippen molar-refractivity contribution >= 4 is 21.9 Å². The highest BCUT2D eigenvalue weighted by Crippen LogP contribution is 2.35. The average molecular weight is 570 g/mol. The Balaban J connectivity index is 1.81. The van der Waals surface area contributed by atoms with E-state index >= 15 is 0 Å². The van der Waals surface area contributed by atoms with E-state index in [0.717, 1.165) is 34.9 Å². The topological polar surface area (TPSA) is 69.9 Å². The fraction of sp³-hybridized carbons (Fsp3) is 0.533. The van der Waals surface area contributed by atoms with Crippen LogP contribution in [-0.2, 0) is 22.5 Å². The van der Waals surface area contributed by atoms with Gasteiger partial charge in [0, 0.05) is 10.4 Å². The van der Waals surface area contributed by atoms with Crippen molar-refractivity contribution in [3.63, 3.8) is 0 Å². The normalized spacial score (nSPS) is 13.4. The summed E-state index contributed by atoms with van der Waals surface area (Å²) in [6.07, 6.45) is 7.03. The fourth-order valence-electron chi connectivity index (χ4n) is 4.50. The highest BCUT2D eigenvalue weighted by molar-refractivity contribution is 9.10. The van der Waals surface area contributed by atoms with Gasteiger partial charge in [0.2, 0.25) is 0 Å². The van der Waals surface area contributed by atoms with Gasteiger partial charge in [-0.15, -0.1) is 10.2 Å². The van der Waals surface area contributed by atoms with Gasteiger partial charge in [-0.25, -0.2) is 0 Å². The van der Waals surface area contributed by atoms with E-state index in [1.165, 1.54) is 24.8 Å². The summed E-state index contributed by atoms with van der Waals surface area (Å²) in [7, 11) is 0. The standard InChI is InChI=1S/C30H41BrN4O2/c1-6-8-9-13-22-16-18-23(19-17-22)21-35-33-28(32-34-35)26(25-14-10-11-15-27(25)31)20-24(12-7-2)29(36)37-30(3,4)5/h10-11,14-19,24,26H,6-9,12-13,20-21H2,1-5H3/t24?,26-/m0/s1. The van der Waals surface area contributed by atoms with Gasteiger partial charge in [0.25, 0.3) is 0 Å². The smallest absolute Gasteiger partial charge is 0.309 e. The number of benzene rings is 2. The van der Waals surface area contributed by atoms with Gasteiger partial charge in [0.1, 0.15) is 5.60 Å². The van der Waals surface area contributed by atoms with Gasteiger partial charge in [-0.2, -0.15) is 4.80 Å². The van der Waals surface area contributed by atoms with Crippen LogP contribution in [0.25, 0.3) is 0 Å². The van der Waals surface area contributed by atoms with E-state index in [-0.39, 0.29) is 17.8 Å². The Morgan fingerprint density at radius 2 is 1.70 bits per heavy atom. The molecule has 0 fully saturated rings. The predicted molar refractivity (Wildman–Crippen MR) is 151 cm³/mol. The molecule has 0 N–H and O–H groups in total. The molecule has 2 atom stereocenters. The zero-order valence-corrected chi connectivity index (χ0v) is 24.5. The van der Waals surface area contributed by atoms with Crippen LogP contribution in [0.3, 0.4) is 0 Å². The number of nitrogens with zero attached hydrogens (tertiary/aromatic N) is 4. The molecule has 200 valence electrons. The molecule has 7 heteroatoms. The van der Waals surface area contributed by atoms with Crippen molar-refractivity contribution in [3.05, 3.63) is 75.5 Å². The first-order valence-corrected chi connectivity index (χ1v) is 14.3. The number of carbonyl (C=O) groups excluding carboxylic acids is 1. The zero-order chi connectivity index (χ0) is 26.8. The van der Waals surface area contributed by atoms with Crippen LogP contribution in [0.1, 0.15) is 102 Å². The molecule has 0 amide bonds. The summed E-state index contributed by atoms with van der Waals surface area (Å²) < 4.78 is 6.73. The second-order valence-electron chi connectivity index (χ2n) is 10.8. The number of halogens is 1. The van der Waals surface area contributed by atoms with Gasteiger partial charge in [-0.05, 0) is 74.4 Å². The van der Waals surface area contributed by atoms with E-state index in [2.05, 4.69) is 70.4 Å². The van der Waals surface area contributed by atoms with Crippen LogP contribution in [0.5, 0.6) is 0 Å². The van der Waals surface area contributed by atoms with Crippen LogP contribution in [0.2, 0.25) is 0 Å². The highest BCUT2D eigenvalue weighted by Gasteiger charge is 2.31. The van der Waals surface area contributed by atoms with Crippen molar-refractivity contribution in [1.29, 1.82) is 0 Å². The number of rotatable bonds is 13. The third kappa shape index (κ3) is 9.06. The molecule has 3 rings (SSSR count). The summed E-state index contributed by atoms with van der Waals surface area (Å²) >= 11 is 3.70. The number of aryl methyl sites for hydroxylation is 1. The highest BCUT2D eigenvalue weighted by atomic mass is 79.9. The summed E-state index contributed by atoms with van der Waals surface area (Å²) in [6.45, 7) is 10.6. The maximum atomic E-state index is 13.1. The Kier molecular flexibility index (Phi) is 10.9. The summed E-state index contributed by atoms with van der Waals surface area (Å²) in [6, 6.07) is 16.7. The van der Waals surface area contributed by atoms with Gasteiger partial charge in [0.05, 0.1) is 12.5 Å². The van der Waals surface area contributed by atoms with Gasteiger partial charge < -0.3 is 4.74 Å². The second-order valence-corrected chi connectivity index (χ2v) is 11.6. The van der Waals surface area contributed by atoms with E-state index in [9.17, 15) is 4.79 Å². The van der Waals surface area contributed by atoms with Gasteiger partial charge in [-0.1, -0.05) is 91.5 Å². The minimum Gasteiger partial charge on any atom is -0.460 e. The summed E-state index contributed by atoms with van der Waals surface area (Å²) in [4.78, 5) is 14.7. The summed E-state index contributed by atoms with van der Waals surface area (Å²) in [5, 5.41) is 13.6. The number of unbranched alkanes of at least 4 members (excludes halogenated alkanes) is 2. The van der Waals surface area contributed by atoms with Crippen LogP contribution >= 0.6 is 15.9 Å². The number of esters is 1. The number of ether oxygens (including phenoxy) is 1. The quantitative estimate of drug-likeness (QED) is 0.158. The summed E-state index contributed by atoms with van der Waals surface area (Å²) in [5.41, 5.74) is 3.02. The predicted octanol–water partition coefficient (Wildman–Crippen LogP) is 7.50. The number of tetrazole rings is 1. The van der Waals surface area contributed by atoms with Crippen LogP contribution in [-0.4, -0.2) is 31.8 Å². The minimum atomic E-state index is -0.529. The van der Waals surface area contributed by atoms with E-state index < -0.39 is 5.60 Å². The molecule has 0 aliphatic rings. The van der Waals surface area contributed by atoms with Crippen molar-refractivity contribution in [2.75, 3.05) is 0 Å². The molecule has 0 bridgehead atoms. The molecule has 2 aromatic carbocycles. The Morgan fingerprint density at radius 1 is 1.00 bits per heavy atom. The number of hydrogen-bond donors (Lipinski definition) is 0. The molecule has 37 heavy (non-hydrogen) atoms. The molecule has 0 spiro atoms. The Bertz CT molecular complexity index is 1120. The molecule has 1 unspecified atom stereocenters. The van der Waals surface area contributed by atoms with E-state index in [1.807, 2.05) is 39.0 Å². The fourth-order valence-corrected chi connectivity index (χ4v) is 5.06. The average Bonchev–Trinajstić information content (AvgIpc) is 3.30. The van der Waals surface area contributed by atoms with Crippen LogP contribution in [0, 0.1) is 5.92 Å². The van der Waals surface area contributed by atoms with E-state index in [1.54, 1.807) is 4.80 Å². The van der Waals surface area contributed by atoms with Crippen LogP contribution in [0.15, 0.2) is 53.0 Å². The third-order valence-corrected chi connectivity index (χ3v) is 7.10. The SMILES string of the molecule is CCCCCc1ccc(Cn2nnc([C@@H](CC(CCC)C(=O)OC(C)(C)C)c3ccccc3Br)n2)cc1. The first-order chi connectivity index (χ1) is 17.7.